The summed E-state index contributed by atoms with van der Waals surface area (Å²) >= 11 is 0. The molecule has 7 heteroatoms. The summed E-state index contributed by atoms with van der Waals surface area (Å²) in [6.45, 7) is 4.93. The van der Waals surface area contributed by atoms with Crippen LogP contribution in [0.25, 0.3) is 0 Å². The fourth-order valence-electron chi connectivity index (χ4n) is 3.64. The van der Waals surface area contributed by atoms with E-state index in [4.69, 9.17) is 4.74 Å². The Hall–Kier alpha value is -0.820. The number of rotatable bonds is 3. The summed E-state index contributed by atoms with van der Waals surface area (Å²) in [5.41, 5.74) is 1.79. The standard InChI is InChI=1S/C16H24N2O3S.ClH/c1-11-8-12(2)16(21-3)15(9-11)22(19,20)18-7-6-13-4-5-14(10-18)17-13;/h8-9,13-14,17H,4-7,10H2,1-3H3;1H. The molecule has 5 nitrogen and oxygen atoms in total. The minimum atomic E-state index is -3.53. The molecular weight excluding hydrogens is 336 g/mol. The number of nitrogens with one attached hydrogen (secondary N) is 1. The van der Waals surface area contributed by atoms with Crippen LogP contribution in [0.3, 0.4) is 0 Å². The Morgan fingerprint density at radius 2 is 1.87 bits per heavy atom. The number of nitrogens with zero attached hydrogens (tertiary/aromatic N) is 1. The van der Waals surface area contributed by atoms with E-state index in [9.17, 15) is 8.42 Å². The fourth-order valence-corrected chi connectivity index (χ4v) is 5.45. The Bertz CT molecular complexity index is 678. The summed E-state index contributed by atoms with van der Waals surface area (Å²) in [6.07, 6.45) is 3.09. The summed E-state index contributed by atoms with van der Waals surface area (Å²) in [7, 11) is -2.00. The van der Waals surface area contributed by atoms with Crippen molar-refractivity contribution in [2.45, 2.75) is 50.1 Å². The molecule has 0 aromatic heterocycles. The zero-order valence-corrected chi connectivity index (χ0v) is 15.5. The van der Waals surface area contributed by atoms with E-state index in [2.05, 4.69) is 5.32 Å². The molecule has 2 fully saturated rings. The first kappa shape index (κ1) is 18.5. The minimum Gasteiger partial charge on any atom is -0.495 e. The molecule has 3 rings (SSSR count). The van der Waals surface area contributed by atoms with Crippen molar-refractivity contribution in [3.05, 3.63) is 23.3 Å². The van der Waals surface area contributed by atoms with E-state index in [1.807, 2.05) is 19.9 Å². The van der Waals surface area contributed by atoms with Gasteiger partial charge in [-0.2, -0.15) is 4.31 Å². The second kappa shape index (κ2) is 6.97. The minimum absolute atomic E-state index is 0. The third-order valence-electron chi connectivity index (χ3n) is 4.69. The van der Waals surface area contributed by atoms with Crippen molar-refractivity contribution in [3.8, 4) is 5.75 Å². The number of fused-ring (bicyclic) bond motifs is 2. The second-order valence-corrected chi connectivity index (χ2v) is 8.31. The summed E-state index contributed by atoms with van der Waals surface area (Å²) in [4.78, 5) is 0.297. The smallest absolute Gasteiger partial charge is 0.246 e. The number of benzene rings is 1. The van der Waals surface area contributed by atoms with Crippen molar-refractivity contribution < 1.29 is 13.2 Å². The second-order valence-electron chi connectivity index (χ2n) is 6.40. The lowest BCUT2D eigenvalue weighted by molar-refractivity contribution is 0.372. The predicted molar refractivity (Wildman–Crippen MR) is 93.0 cm³/mol. The van der Waals surface area contributed by atoms with Gasteiger partial charge in [-0.05, 0) is 50.3 Å². The molecule has 0 amide bonds. The Kier molecular flexibility index (Phi) is 5.61. The maximum Gasteiger partial charge on any atom is 0.246 e. The van der Waals surface area contributed by atoms with Gasteiger partial charge in [0.25, 0.3) is 0 Å². The Balaban J connectivity index is 0.00000192. The molecule has 2 aliphatic heterocycles. The van der Waals surface area contributed by atoms with Crippen LogP contribution < -0.4 is 10.1 Å². The van der Waals surface area contributed by atoms with Gasteiger partial charge in [0.2, 0.25) is 10.0 Å². The quantitative estimate of drug-likeness (QED) is 0.898. The fraction of sp³-hybridized carbons (Fsp3) is 0.625. The average Bonchev–Trinajstić information content (AvgIpc) is 2.76. The molecule has 0 radical (unpaired) electrons. The van der Waals surface area contributed by atoms with Gasteiger partial charge in [-0.3, -0.25) is 0 Å². The largest absolute Gasteiger partial charge is 0.495 e. The molecule has 2 atom stereocenters. The lowest BCUT2D eigenvalue weighted by Gasteiger charge is -2.25. The lowest BCUT2D eigenvalue weighted by Crippen LogP contribution is -2.39. The molecule has 130 valence electrons. The highest BCUT2D eigenvalue weighted by Crippen LogP contribution is 2.33. The molecule has 0 aliphatic carbocycles. The Morgan fingerprint density at radius 3 is 2.57 bits per heavy atom. The van der Waals surface area contributed by atoms with Gasteiger partial charge in [0.05, 0.1) is 7.11 Å². The van der Waals surface area contributed by atoms with E-state index < -0.39 is 10.0 Å². The van der Waals surface area contributed by atoms with Crippen molar-refractivity contribution in [2.24, 2.45) is 0 Å². The monoisotopic (exact) mass is 360 g/mol. The number of halogens is 1. The first-order valence-corrected chi connectivity index (χ1v) is 9.27. The van der Waals surface area contributed by atoms with Crippen molar-refractivity contribution in [1.82, 2.24) is 9.62 Å². The van der Waals surface area contributed by atoms with Gasteiger partial charge in [0, 0.05) is 25.2 Å². The third kappa shape index (κ3) is 3.50. The van der Waals surface area contributed by atoms with Gasteiger partial charge in [-0.25, -0.2) is 8.42 Å². The summed E-state index contributed by atoms with van der Waals surface area (Å²) in [6, 6.07) is 4.41. The lowest BCUT2D eigenvalue weighted by atomic mass is 10.1. The maximum absolute atomic E-state index is 13.1. The Labute approximate surface area is 144 Å². The zero-order chi connectivity index (χ0) is 15.9. The third-order valence-corrected chi connectivity index (χ3v) is 6.56. The van der Waals surface area contributed by atoms with Crippen LogP contribution in [0.5, 0.6) is 5.75 Å². The van der Waals surface area contributed by atoms with Gasteiger partial charge in [-0.1, -0.05) is 6.07 Å². The van der Waals surface area contributed by atoms with Gasteiger partial charge in [0.1, 0.15) is 10.6 Å². The molecule has 2 heterocycles. The molecular formula is C16H25ClN2O3S. The van der Waals surface area contributed by atoms with E-state index in [-0.39, 0.29) is 18.4 Å². The van der Waals surface area contributed by atoms with Crippen LogP contribution in [0, 0.1) is 13.8 Å². The number of ether oxygens (including phenoxy) is 1. The van der Waals surface area contributed by atoms with E-state index in [1.54, 1.807) is 10.4 Å². The highest BCUT2D eigenvalue weighted by Gasteiger charge is 2.36. The highest BCUT2D eigenvalue weighted by molar-refractivity contribution is 7.89. The predicted octanol–water partition coefficient (Wildman–Crippen LogP) is 2.25. The zero-order valence-electron chi connectivity index (χ0n) is 13.8. The summed E-state index contributed by atoms with van der Waals surface area (Å²) in [5.74, 6) is 0.466. The van der Waals surface area contributed by atoms with Crippen molar-refractivity contribution >= 4 is 22.4 Å². The van der Waals surface area contributed by atoms with Crippen LogP contribution in [0.2, 0.25) is 0 Å². The maximum atomic E-state index is 13.1. The average molecular weight is 361 g/mol. The Morgan fingerprint density at radius 1 is 1.17 bits per heavy atom. The molecule has 23 heavy (non-hydrogen) atoms. The first-order chi connectivity index (χ1) is 10.4. The highest BCUT2D eigenvalue weighted by atomic mass is 35.5. The van der Waals surface area contributed by atoms with Crippen LogP contribution in [0.4, 0.5) is 0 Å². The van der Waals surface area contributed by atoms with E-state index in [0.29, 0.717) is 29.8 Å². The summed E-state index contributed by atoms with van der Waals surface area (Å²) in [5, 5.41) is 3.52. The number of hydrogen-bond acceptors (Lipinski definition) is 4. The van der Waals surface area contributed by atoms with Gasteiger partial charge in [0.15, 0.2) is 0 Å². The topological polar surface area (TPSA) is 58.6 Å². The summed E-state index contributed by atoms with van der Waals surface area (Å²) < 4.78 is 33.2. The van der Waals surface area contributed by atoms with Crippen LogP contribution in [0.1, 0.15) is 30.4 Å². The van der Waals surface area contributed by atoms with Gasteiger partial charge in [-0.15, -0.1) is 12.4 Å². The molecule has 2 bridgehead atoms. The van der Waals surface area contributed by atoms with E-state index in [0.717, 1.165) is 30.4 Å². The SMILES string of the molecule is COc1c(C)cc(C)cc1S(=O)(=O)N1CCC2CCC(C1)N2.Cl. The number of sulfonamides is 1. The van der Waals surface area contributed by atoms with Gasteiger partial charge < -0.3 is 10.1 Å². The molecule has 2 aliphatic rings. The molecule has 1 aromatic rings. The molecule has 2 unspecified atom stereocenters. The molecule has 2 saturated heterocycles. The molecule has 1 aromatic carbocycles. The van der Waals surface area contributed by atoms with Crippen LogP contribution in [-0.4, -0.2) is 45.0 Å². The van der Waals surface area contributed by atoms with E-state index in [1.165, 1.54) is 7.11 Å². The van der Waals surface area contributed by atoms with Gasteiger partial charge >= 0.3 is 0 Å². The number of methoxy groups -OCH3 is 1. The van der Waals surface area contributed by atoms with Crippen molar-refractivity contribution in [2.75, 3.05) is 20.2 Å². The van der Waals surface area contributed by atoms with Crippen LogP contribution >= 0.6 is 12.4 Å². The number of hydrogen-bond donors (Lipinski definition) is 1. The normalized spacial score (nSPS) is 24.8. The molecule has 0 spiro atoms. The first-order valence-electron chi connectivity index (χ1n) is 7.83. The van der Waals surface area contributed by atoms with E-state index >= 15 is 0 Å². The van der Waals surface area contributed by atoms with Crippen LogP contribution in [0.15, 0.2) is 17.0 Å². The number of aryl methyl sites for hydroxylation is 2. The van der Waals surface area contributed by atoms with Crippen LogP contribution in [-0.2, 0) is 10.0 Å². The van der Waals surface area contributed by atoms with Crippen molar-refractivity contribution in [1.29, 1.82) is 0 Å². The van der Waals surface area contributed by atoms with Crippen molar-refractivity contribution in [3.63, 3.8) is 0 Å². The molecule has 0 saturated carbocycles. The molecule has 1 N–H and O–H groups in total.